The van der Waals surface area contributed by atoms with Crippen LogP contribution in [0.25, 0.3) is 0 Å². The number of hydrogen-bond acceptors (Lipinski definition) is 4. The molecule has 1 heterocycles. The molecule has 0 unspecified atom stereocenters. The highest BCUT2D eigenvalue weighted by atomic mass is 35.5. The van der Waals surface area contributed by atoms with Gasteiger partial charge in [0.25, 0.3) is 5.91 Å². The van der Waals surface area contributed by atoms with Gasteiger partial charge in [0.05, 0.1) is 0 Å². The van der Waals surface area contributed by atoms with Crippen molar-refractivity contribution in [3.05, 3.63) is 17.5 Å². The van der Waals surface area contributed by atoms with E-state index in [2.05, 4.69) is 20.8 Å². The van der Waals surface area contributed by atoms with Gasteiger partial charge in [-0.2, -0.15) is 0 Å². The minimum absolute atomic E-state index is 0.120. The van der Waals surface area contributed by atoms with Gasteiger partial charge in [-0.05, 0) is 25.7 Å². The smallest absolute Gasteiger partial charge is 0.275 e. The van der Waals surface area contributed by atoms with E-state index in [0.29, 0.717) is 0 Å². The fourth-order valence-corrected chi connectivity index (χ4v) is 2.12. The summed E-state index contributed by atoms with van der Waals surface area (Å²) >= 11 is 5.75. The second-order valence-corrected chi connectivity index (χ2v) is 4.66. The summed E-state index contributed by atoms with van der Waals surface area (Å²) in [6.07, 6.45) is 5.80. The van der Waals surface area contributed by atoms with Gasteiger partial charge in [0, 0.05) is 12.4 Å². The molecule has 1 aromatic heterocycles. The van der Waals surface area contributed by atoms with Crippen molar-refractivity contribution >= 4 is 23.3 Å². The van der Waals surface area contributed by atoms with E-state index in [0.717, 1.165) is 19.3 Å². The summed E-state index contributed by atoms with van der Waals surface area (Å²) in [5.41, 5.74) is 3.00. The summed E-state index contributed by atoms with van der Waals surface area (Å²) in [5, 5.41) is 0.120. The normalized spacial score (nSPS) is 18.1. The lowest BCUT2D eigenvalue weighted by atomic mass is 9.86. The molecule has 1 amide bonds. The van der Waals surface area contributed by atoms with Crippen molar-refractivity contribution in [2.75, 3.05) is 5.43 Å². The molecule has 2 N–H and O–H groups in total. The van der Waals surface area contributed by atoms with E-state index in [-0.39, 0.29) is 23.8 Å². The van der Waals surface area contributed by atoms with Gasteiger partial charge in [0.1, 0.15) is 0 Å². The molecule has 0 radical (unpaired) electrons. The molecule has 0 saturated heterocycles. The maximum absolute atomic E-state index is 14.2. The van der Waals surface area contributed by atoms with Crippen LogP contribution in [0.15, 0.2) is 12.4 Å². The fraction of sp³-hybridized carbons (Fsp3) is 0.545. The van der Waals surface area contributed by atoms with E-state index in [1.54, 1.807) is 0 Å². The molecule has 1 fully saturated rings. The maximum atomic E-state index is 14.2. The molecule has 1 saturated carbocycles. The SMILES string of the molecule is O=C(NNc1nccnc1Cl)C1(F)CCCCC1. The number of hydrogen-bond donors (Lipinski definition) is 2. The second-order valence-electron chi connectivity index (χ2n) is 4.30. The van der Waals surface area contributed by atoms with Crippen LogP contribution in [0.5, 0.6) is 0 Å². The highest BCUT2D eigenvalue weighted by Crippen LogP contribution is 2.31. The molecular formula is C11H14ClFN4O. The Morgan fingerprint density at radius 2 is 1.94 bits per heavy atom. The molecule has 1 aromatic rings. The van der Waals surface area contributed by atoms with E-state index in [9.17, 15) is 9.18 Å². The van der Waals surface area contributed by atoms with Crippen molar-refractivity contribution in [3.63, 3.8) is 0 Å². The first-order chi connectivity index (χ1) is 8.62. The fourth-order valence-electron chi connectivity index (χ4n) is 1.97. The van der Waals surface area contributed by atoms with Crippen LogP contribution in [-0.4, -0.2) is 21.5 Å². The Bertz CT molecular complexity index is 437. The average molecular weight is 273 g/mol. The number of amides is 1. The predicted octanol–water partition coefficient (Wildman–Crippen LogP) is 2.25. The molecule has 98 valence electrons. The van der Waals surface area contributed by atoms with Crippen molar-refractivity contribution < 1.29 is 9.18 Å². The lowest BCUT2D eigenvalue weighted by Gasteiger charge is -2.27. The molecule has 7 heteroatoms. The molecular weight excluding hydrogens is 259 g/mol. The van der Waals surface area contributed by atoms with Crippen molar-refractivity contribution in [2.45, 2.75) is 37.8 Å². The number of anilines is 1. The molecule has 1 aliphatic carbocycles. The van der Waals surface area contributed by atoms with Crippen LogP contribution < -0.4 is 10.9 Å². The minimum Gasteiger partial charge on any atom is -0.279 e. The molecule has 0 spiro atoms. The number of carbonyl (C=O) groups excluding carboxylic acids is 1. The van der Waals surface area contributed by atoms with E-state index in [1.807, 2.05) is 0 Å². The van der Waals surface area contributed by atoms with Crippen molar-refractivity contribution in [3.8, 4) is 0 Å². The lowest BCUT2D eigenvalue weighted by molar-refractivity contribution is -0.134. The summed E-state index contributed by atoms with van der Waals surface area (Å²) in [6.45, 7) is 0. The van der Waals surface area contributed by atoms with Crippen LogP contribution in [0.3, 0.4) is 0 Å². The monoisotopic (exact) mass is 272 g/mol. The largest absolute Gasteiger partial charge is 0.279 e. The van der Waals surface area contributed by atoms with E-state index in [1.165, 1.54) is 12.4 Å². The average Bonchev–Trinajstić information content (AvgIpc) is 2.38. The Hall–Kier alpha value is -1.43. The Labute approximate surface area is 109 Å². The van der Waals surface area contributed by atoms with Gasteiger partial charge in [0.15, 0.2) is 16.6 Å². The first-order valence-electron chi connectivity index (χ1n) is 5.84. The van der Waals surface area contributed by atoms with Crippen LogP contribution in [-0.2, 0) is 4.79 Å². The number of halogens is 2. The number of rotatable bonds is 3. The van der Waals surface area contributed by atoms with Gasteiger partial charge in [-0.25, -0.2) is 14.4 Å². The van der Waals surface area contributed by atoms with Crippen LogP contribution in [0, 0.1) is 0 Å². The quantitative estimate of drug-likeness (QED) is 0.828. The standard InChI is InChI=1S/C11H14ClFN4O/c12-8-9(15-7-6-14-8)16-17-10(18)11(13)4-2-1-3-5-11/h6-7H,1-5H2,(H,15,16)(H,17,18). The van der Waals surface area contributed by atoms with Crippen LogP contribution in [0.2, 0.25) is 5.15 Å². The molecule has 0 aromatic carbocycles. The maximum Gasteiger partial charge on any atom is 0.275 e. The Morgan fingerprint density at radius 3 is 2.61 bits per heavy atom. The van der Waals surface area contributed by atoms with E-state index >= 15 is 0 Å². The number of nitrogens with zero attached hydrogens (tertiary/aromatic N) is 2. The number of nitrogens with one attached hydrogen (secondary N) is 2. The van der Waals surface area contributed by atoms with Crippen LogP contribution in [0.4, 0.5) is 10.2 Å². The predicted molar refractivity (Wildman–Crippen MR) is 65.7 cm³/mol. The molecule has 0 bridgehead atoms. The van der Waals surface area contributed by atoms with Crippen LogP contribution in [0.1, 0.15) is 32.1 Å². The van der Waals surface area contributed by atoms with E-state index in [4.69, 9.17) is 11.6 Å². The molecule has 1 aliphatic rings. The molecule has 0 atom stereocenters. The molecule has 5 nitrogen and oxygen atoms in total. The first-order valence-corrected chi connectivity index (χ1v) is 6.21. The zero-order valence-corrected chi connectivity index (χ0v) is 10.5. The Morgan fingerprint density at radius 1 is 1.28 bits per heavy atom. The third-order valence-corrected chi connectivity index (χ3v) is 3.28. The summed E-state index contributed by atoms with van der Waals surface area (Å²) in [7, 11) is 0. The minimum atomic E-state index is -1.79. The highest BCUT2D eigenvalue weighted by molar-refractivity contribution is 6.31. The van der Waals surface area contributed by atoms with Gasteiger partial charge in [-0.15, -0.1) is 0 Å². The summed E-state index contributed by atoms with van der Waals surface area (Å²) in [5.74, 6) is -0.476. The van der Waals surface area contributed by atoms with Gasteiger partial charge in [-0.3, -0.25) is 15.6 Å². The zero-order valence-electron chi connectivity index (χ0n) is 9.75. The highest BCUT2D eigenvalue weighted by Gasteiger charge is 2.39. The van der Waals surface area contributed by atoms with Gasteiger partial charge in [0.2, 0.25) is 0 Å². The van der Waals surface area contributed by atoms with Gasteiger partial charge in [-0.1, -0.05) is 18.0 Å². The van der Waals surface area contributed by atoms with Crippen molar-refractivity contribution in [2.24, 2.45) is 0 Å². The Balaban J connectivity index is 1.94. The molecule has 2 rings (SSSR count). The zero-order chi connectivity index (χ0) is 13.0. The van der Waals surface area contributed by atoms with Gasteiger partial charge < -0.3 is 0 Å². The third kappa shape index (κ3) is 2.87. The lowest BCUT2D eigenvalue weighted by Crippen LogP contribution is -2.47. The summed E-state index contributed by atoms with van der Waals surface area (Å²) in [4.78, 5) is 19.4. The van der Waals surface area contributed by atoms with Crippen molar-refractivity contribution in [1.82, 2.24) is 15.4 Å². The number of hydrazine groups is 1. The first kappa shape index (κ1) is 13.0. The third-order valence-electron chi connectivity index (χ3n) is 3.00. The number of aromatic nitrogens is 2. The summed E-state index contributed by atoms with van der Waals surface area (Å²) in [6, 6.07) is 0. The topological polar surface area (TPSA) is 66.9 Å². The Kier molecular flexibility index (Phi) is 3.96. The second kappa shape index (κ2) is 5.48. The molecule has 18 heavy (non-hydrogen) atoms. The number of carbonyl (C=O) groups is 1. The van der Waals surface area contributed by atoms with Crippen molar-refractivity contribution in [1.29, 1.82) is 0 Å². The van der Waals surface area contributed by atoms with E-state index < -0.39 is 11.6 Å². The summed E-state index contributed by atoms with van der Waals surface area (Å²) < 4.78 is 14.2. The number of alkyl halides is 1. The molecule has 0 aliphatic heterocycles. The van der Waals surface area contributed by atoms with Gasteiger partial charge >= 0.3 is 0 Å². The van der Waals surface area contributed by atoms with Crippen LogP contribution >= 0.6 is 11.6 Å².